The van der Waals surface area contributed by atoms with Gasteiger partial charge in [0, 0.05) is 4.88 Å². The third kappa shape index (κ3) is 4.37. The smallest absolute Gasteiger partial charge is 0.241 e. The van der Waals surface area contributed by atoms with Crippen LogP contribution in [0.25, 0.3) is 0 Å². The fourth-order valence-corrected chi connectivity index (χ4v) is 3.44. The molecule has 0 unspecified atom stereocenters. The van der Waals surface area contributed by atoms with Crippen LogP contribution in [0.5, 0.6) is 0 Å². The normalized spacial score (nSPS) is 13.2. The number of benzene rings is 2. The van der Waals surface area contributed by atoms with Gasteiger partial charge in [-0.2, -0.15) is 0 Å². The Kier molecular flexibility index (Phi) is 5.93. The molecular formula is C20H17F3N2OS. The molecule has 0 aliphatic carbocycles. The topological polar surface area (TPSA) is 41.1 Å². The first-order valence-corrected chi connectivity index (χ1v) is 9.14. The molecule has 0 fully saturated rings. The van der Waals surface area contributed by atoms with Crippen molar-refractivity contribution in [1.29, 1.82) is 0 Å². The van der Waals surface area contributed by atoms with Crippen LogP contribution in [-0.2, 0) is 4.79 Å². The van der Waals surface area contributed by atoms with Crippen molar-refractivity contribution in [3.63, 3.8) is 0 Å². The van der Waals surface area contributed by atoms with Crippen molar-refractivity contribution in [2.75, 3.05) is 5.32 Å². The third-order valence-electron chi connectivity index (χ3n) is 4.06. The molecule has 0 spiro atoms. The largest absolute Gasteiger partial charge is 0.322 e. The SMILES string of the molecule is C[C@H](N[C@@H](c1ccccc1)c1cccs1)C(=O)Nc1ccc(F)c(F)c1F. The van der Waals surface area contributed by atoms with Crippen molar-refractivity contribution >= 4 is 22.9 Å². The minimum atomic E-state index is -1.62. The number of nitrogens with one attached hydrogen (secondary N) is 2. The van der Waals surface area contributed by atoms with Crippen LogP contribution in [0.15, 0.2) is 60.0 Å². The molecule has 2 atom stereocenters. The zero-order chi connectivity index (χ0) is 19.4. The number of hydrogen-bond acceptors (Lipinski definition) is 3. The number of rotatable bonds is 6. The zero-order valence-electron chi connectivity index (χ0n) is 14.4. The van der Waals surface area contributed by atoms with Crippen LogP contribution < -0.4 is 10.6 Å². The fourth-order valence-electron chi connectivity index (χ4n) is 2.63. The van der Waals surface area contributed by atoms with E-state index in [0.29, 0.717) is 0 Å². The summed E-state index contributed by atoms with van der Waals surface area (Å²) in [6.07, 6.45) is 0. The highest BCUT2D eigenvalue weighted by Crippen LogP contribution is 2.27. The van der Waals surface area contributed by atoms with E-state index in [0.717, 1.165) is 22.6 Å². The molecule has 1 aromatic heterocycles. The van der Waals surface area contributed by atoms with Crippen molar-refractivity contribution in [2.24, 2.45) is 0 Å². The minimum absolute atomic E-state index is 0.234. The molecule has 1 heterocycles. The monoisotopic (exact) mass is 390 g/mol. The van der Waals surface area contributed by atoms with Gasteiger partial charge in [0.25, 0.3) is 0 Å². The maximum absolute atomic E-state index is 13.8. The molecule has 7 heteroatoms. The average molecular weight is 390 g/mol. The molecule has 0 saturated carbocycles. The van der Waals surface area contributed by atoms with Gasteiger partial charge in [0.2, 0.25) is 5.91 Å². The summed E-state index contributed by atoms with van der Waals surface area (Å²) in [5.74, 6) is -4.90. The highest BCUT2D eigenvalue weighted by atomic mass is 32.1. The Balaban J connectivity index is 1.77. The van der Waals surface area contributed by atoms with Gasteiger partial charge in [0.05, 0.1) is 17.8 Å². The number of carbonyl (C=O) groups is 1. The van der Waals surface area contributed by atoms with Crippen molar-refractivity contribution < 1.29 is 18.0 Å². The number of anilines is 1. The Morgan fingerprint density at radius 1 is 0.963 bits per heavy atom. The summed E-state index contributed by atoms with van der Waals surface area (Å²) < 4.78 is 40.2. The van der Waals surface area contributed by atoms with Gasteiger partial charge in [-0.05, 0) is 36.1 Å². The highest BCUT2D eigenvalue weighted by molar-refractivity contribution is 7.10. The molecule has 2 N–H and O–H groups in total. The highest BCUT2D eigenvalue weighted by Gasteiger charge is 2.23. The van der Waals surface area contributed by atoms with Crippen LogP contribution in [0.2, 0.25) is 0 Å². The van der Waals surface area contributed by atoms with E-state index in [1.807, 2.05) is 47.8 Å². The molecule has 0 radical (unpaired) electrons. The molecule has 3 nitrogen and oxygen atoms in total. The van der Waals surface area contributed by atoms with Crippen LogP contribution in [0.1, 0.15) is 23.4 Å². The molecule has 1 amide bonds. The van der Waals surface area contributed by atoms with E-state index in [-0.39, 0.29) is 6.04 Å². The predicted molar refractivity (Wildman–Crippen MR) is 100 cm³/mol. The molecule has 27 heavy (non-hydrogen) atoms. The Bertz CT molecular complexity index is 916. The Labute approximate surface area is 158 Å². The molecule has 140 valence electrons. The van der Waals surface area contributed by atoms with Gasteiger partial charge in [-0.1, -0.05) is 36.4 Å². The molecule has 3 aromatic rings. The van der Waals surface area contributed by atoms with Crippen LogP contribution in [0.4, 0.5) is 18.9 Å². The van der Waals surface area contributed by atoms with Gasteiger partial charge < -0.3 is 5.32 Å². The molecular weight excluding hydrogens is 373 g/mol. The second-order valence-corrected chi connectivity index (χ2v) is 6.94. The van der Waals surface area contributed by atoms with E-state index in [1.165, 1.54) is 0 Å². The van der Waals surface area contributed by atoms with Gasteiger partial charge in [-0.15, -0.1) is 11.3 Å². The lowest BCUT2D eigenvalue weighted by molar-refractivity contribution is -0.117. The quantitative estimate of drug-likeness (QED) is 0.590. The van der Waals surface area contributed by atoms with Gasteiger partial charge in [-0.3, -0.25) is 10.1 Å². The Hall–Kier alpha value is -2.64. The summed E-state index contributed by atoms with van der Waals surface area (Å²) in [6, 6.07) is 14.3. The zero-order valence-corrected chi connectivity index (χ0v) is 15.2. The summed E-state index contributed by atoms with van der Waals surface area (Å²) in [5.41, 5.74) is 0.568. The minimum Gasteiger partial charge on any atom is -0.322 e. The number of halogens is 3. The lowest BCUT2D eigenvalue weighted by Crippen LogP contribution is -2.40. The molecule has 0 saturated heterocycles. The molecule has 2 aromatic carbocycles. The van der Waals surface area contributed by atoms with Crippen LogP contribution in [0, 0.1) is 17.5 Å². The van der Waals surface area contributed by atoms with E-state index in [9.17, 15) is 18.0 Å². The molecule has 0 aliphatic heterocycles. The fraction of sp³-hybridized carbons (Fsp3) is 0.150. The summed E-state index contributed by atoms with van der Waals surface area (Å²) >= 11 is 1.54. The van der Waals surface area contributed by atoms with E-state index >= 15 is 0 Å². The molecule has 0 aliphatic rings. The van der Waals surface area contributed by atoms with Gasteiger partial charge in [0.1, 0.15) is 0 Å². The third-order valence-corrected chi connectivity index (χ3v) is 5.00. The summed E-state index contributed by atoms with van der Waals surface area (Å²) in [7, 11) is 0. The maximum atomic E-state index is 13.8. The summed E-state index contributed by atoms with van der Waals surface area (Å²) in [5, 5.41) is 7.45. The average Bonchev–Trinajstić information content (AvgIpc) is 3.21. The van der Waals surface area contributed by atoms with Gasteiger partial charge in [0.15, 0.2) is 17.5 Å². The Morgan fingerprint density at radius 3 is 2.37 bits per heavy atom. The predicted octanol–water partition coefficient (Wildman–Crippen LogP) is 4.87. The second kappa shape index (κ2) is 8.37. The number of hydrogen-bond donors (Lipinski definition) is 2. The molecule has 3 rings (SSSR count). The summed E-state index contributed by atoms with van der Waals surface area (Å²) in [4.78, 5) is 13.5. The van der Waals surface area contributed by atoms with Crippen LogP contribution >= 0.6 is 11.3 Å². The van der Waals surface area contributed by atoms with E-state index in [2.05, 4.69) is 10.6 Å². The number of thiophene rings is 1. The first-order chi connectivity index (χ1) is 13.0. The number of carbonyl (C=O) groups excluding carboxylic acids is 1. The van der Waals surface area contributed by atoms with Crippen molar-refractivity contribution in [2.45, 2.75) is 19.0 Å². The van der Waals surface area contributed by atoms with Crippen molar-refractivity contribution in [3.8, 4) is 0 Å². The first-order valence-electron chi connectivity index (χ1n) is 8.26. The van der Waals surface area contributed by atoms with E-state index in [1.54, 1.807) is 18.3 Å². The van der Waals surface area contributed by atoms with Gasteiger partial charge >= 0.3 is 0 Å². The van der Waals surface area contributed by atoms with Crippen molar-refractivity contribution in [1.82, 2.24) is 5.32 Å². The van der Waals surface area contributed by atoms with E-state index in [4.69, 9.17) is 0 Å². The van der Waals surface area contributed by atoms with E-state index < -0.39 is 35.1 Å². The number of amides is 1. The maximum Gasteiger partial charge on any atom is 0.241 e. The first kappa shape index (κ1) is 19.1. The second-order valence-electron chi connectivity index (χ2n) is 5.96. The standard InChI is InChI=1S/C20H17F3N2OS/c1-12(20(26)25-15-10-9-14(21)17(22)18(15)23)24-19(16-8-5-11-27-16)13-6-3-2-4-7-13/h2-12,19,24H,1H3,(H,25,26)/t12-,19-/m0/s1. The van der Waals surface area contributed by atoms with Gasteiger partial charge in [-0.25, -0.2) is 13.2 Å². The molecule has 0 bridgehead atoms. The lowest BCUT2D eigenvalue weighted by Gasteiger charge is -2.23. The van der Waals surface area contributed by atoms with Crippen LogP contribution in [0.3, 0.4) is 0 Å². The van der Waals surface area contributed by atoms with Crippen molar-refractivity contribution in [3.05, 3.63) is 87.9 Å². The summed E-state index contributed by atoms with van der Waals surface area (Å²) in [6.45, 7) is 1.62. The lowest BCUT2D eigenvalue weighted by atomic mass is 10.0. The van der Waals surface area contributed by atoms with Crippen LogP contribution in [-0.4, -0.2) is 11.9 Å². The Morgan fingerprint density at radius 2 is 1.70 bits per heavy atom.